The fraction of sp³-hybridized carbons (Fsp3) is 0.571. The van der Waals surface area contributed by atoms with E-state index in [1.807, 2.05) is 6.07 Å². The summed E-state index contributed by atoms with van der Waals surface area (Å²) >= 11 is 5.72. The van der Waals surface area contributed by atoms with Crippen molar-refractivity contribution in [1.82, 2.24) is 4.90 Å². The number of hydrogen-bond acceptors (Lipinski definition) is 2. The summed E-state index contributed by atoms with van der Waals surface area (Å²) in [5, 5.41) is 0.166. The van der Waals surface area contributed by atoms with Gasteiger partial charge in [0.1, 0.15) is 5.82 Å². The van der Waals surface area contributed by atoms with Crippen LogP contribution in [0.2, 0.25) is 5.02 Å². The van der Waals surface area contributed by atoms with Gasteiger partial charge < -0.3 is 5.73 Å². The van der Waals surface area contributed by atoms with Gasteiger partial charge in [-0.15, -0.1) is 0 Å². The maximum atomic E-state index is 13.5. The lowest BCUT2D eigenvalue weighted by molar-refractivity contribution is 0.203. The maximum absolute atomic E-state index is 13.5. The van der Waals surface area contributed by atoms with Gasteiger partial charge in [0.05, 0.1) is 5.02 Å². The van der Waals surface area contributed by atoms with E-state index in [2.05, 4.69) is 11.8 Å². The Bertz CT molecular complexity index is 407. The van der Waals surface area contributed by atoms with Crippen molar-refractivity contribution in [3.8, 4) is 0 Å². The van der Waals surface area contributed by atoms with Crippen molar-refractivity contribution in [3.63, 3.8) is 0 Å². The van der Waals surface area contributed by atoms with Crippen molar-refractivity contribution < 1.29 is 4.39 Å². The molecule has 1 aliphatic rings. The Hall–Kier alpha value is -0.640. The highest BCUT2D eigenvalue weighted by Gasteiger charge is 2.27. The molecule has 1 aromatic rings. The molecule has 2 nitrogen and oxygen atoms in total. The van der Waals surface area contributed by atoms with Gasteiger partial charge in [0.25, 0.3) is 0 Å². The number of halogens is 2. The van der Waals surface area contributed by atoms with Gasteiger partial charge in [0.15, 0.2) is 0 Å². The second-order valence-electron chi connectivity index (χ2n) is 4.96. The monoisotopic (exact) mass is 270 g/mol. The normalized spacial score (nSPS) is 17.2. The number of benzene rings is 1. The number of likely N-dealkylation sites (N-methyl/N-ethyl adjacent to an activating group) is 1. The zero-order chi connectivity index (χ0) is 13.1. The van der Waals surface area contributed by atoms with Crippen LogP contribution in [-0.2, 0) is 0 Å². The van der Waals surface area contributed by atoms with Crippen LogP contribution in [0.3, 0.4) is 0 Å². The number of nitrogens with two attached hydrogens (primary N) is 1. The van der Waals surface area contributed by atoms with Crippen molar-refractivity contribution in [2.24, 2.45) is 11.7 Å². The summed E-state index contributed by atoms with van der Waals surface area (Å²) < 4.78 is 13.5. The second kappa shape index (κ2) is 6.00. The van der Waals surface area contributed by atoms with Crippen LogP contribution in [-0.4, -0.2) is 24.5 Å². The maximum Gasteiger partial charge on any atom is 0.142 e. The third kappa shape index (κ3) is 3.22. The molecular weight excluding hydrogens is 251 g/mol. The summed E-state index contributed by atoms with van der Waals surface area (Å²) in [4.78, 5) is 2.33. The van der Waals surface area contributed by atoms with Gasteiger partial charge in [-0.3, -0.25) is 4.90 Å². The Balaban J connectivity index is 2.16. The van der Waals surface area contributed by atoms with Crippen molar-refractivity contribution >= 4 is 11.6 Å². The molecule has 18 heavy (non-hydrogen) atoms. The molecule has 1 aromatic carbocycles. The van der Waals surface area contributed by atoms with Crippen LogP contribution in [0.5, 0.6) is 0 Å². The van der Waals surface area contributed by atoms with E-state index in [1.165, 1.54) is 18.9 Å². The highest BCUT2D eigenvalue weighted by Crippen LogP contribution is 2.33. The third-order valence-electron chi connectivity index (χ3n) is 3.59. The quantitative estimate of drug-likeness (QED) is 0.860. The molecule has 0 bridgehead atoms. The van der Waals surface area contributed by atoms with Crippen LogP contribution < -0.4 is 5.73 Å². The van der Waals surface area contributed by atoms with Gasteiger partial charge in [-0.2, -0.15) is 0 Å². The molecule has 0 saturated heterocycles. The molecule has 4 heteroatoms. The largest absolute Gasteiger partial charge is 0.329 e. The number of hydrogen-bond donors (Lipinski definition) is 1. The Morgan fingerprint density at radius 2 is 2.22 bits per heavy atom. The van der Waals surface area contributed by atoms with E-state index < -0.39 is 0 Å². The van der Waals surface area contributed by atoms with E-state index in [4.69, 9.17) is 17.3 Å². The average Bonchev–Trinajstić information content (AvgIpc) is 3.17. The predicted octanol–water partition coefficient (Wildman–Crippen LogP) is 3.21. The van der Waals surface area contributed by atoms with Gasteiger partial charge in [-0.1, -0.05) is 24.6 Å². The number of nitrogens with zero attached hydrogens (tertiary/aromatic N) is 1. The van der Waals surface area contributed by atoms with E-state index in [-0.39, 0.29) is 16.9 Å². The Morgan fingerprint density at radius 3 is 2.72 bits per heavy atom. The van der Waals surface area contributed by atoms with Gasteiger partial charge in [-0.05, 0) is 43.0 Å². The van der Waals surface area contributed by atoms with Crippen LogP contribution in [0, 0.1) is 11.7 Å². The first-order valence-corrected chi connectivity index (χ1v) is 6.92. The first-order valence-electron chi connectivity index (χ1n) is 6.54. The molecule has 1 atom stereocenters. The van der Waals surface area contributed by atoms with Gasteiger partial charge in [0, 0.05) is 19.1 Å². The first-order chi connectivity index (χ1) is 8.65. The summed E-state index contributed by atoms with van der Waals surface area (Å²) in [6.45, 7) is 4.62. The minimum absolute atomic E-state index is 0.0855. The molecule has 0 radical (unpaired) electrons. The summed E-state index contributed by atoms with van der Waals surface area (Å²) in [5.41, 5.74) is 6.79. The molecule has 0 heterocycles. The molecule has 0 spiro atoms. The topological polar surface area (TPSA) is 29.3 Å². The zero-order valence-electron chi connectivity index (χ0n) is 10.7. The molecule has 0 aliphatic heterocycles. The lowest BCUT2D eigenvalue weighted by Crippen LogP contribution is -2.35. The van der Waals surface area contributed by atoms with E-state index in [9.17, 15) is 4.39 Å². The fourth-order valence-corrected chi connectivity index (χ4v) is 2.44. The standard InChI is InChI=1S/C14H20ClFN2/c1-2-18(9-10-3-4-10)14(8-17)11-5-6-12(15)13(16)7-11/h5-7,10,14H,2-4,8-9,17H2,1H3. The highest BCUT2D eigenvalue weighted by molar-refractivity contribution is 6.30. The van der Waals surface area contributed by atoms with E-state index >= 15 is 0 Å². The summed E-state index contributed by atoms with van der Waals surface area (Å²) in [7, 11) is 0. The Morgan fingerprint density at radius 1 is 1.50 bits per heavy atom. The van der Waals surface area contributed by atoms with Crippen molar-refractivity contribution in [2.45, 2.75) is 25.8 Å². The Kier molecular flexibility index (Phi) is 4.60. The Labute approximate surface area is 113 Å². The molecule has 1 unspecified atom stereocenters. The summed E-state index contributed by atoms with van der Waals surface area (Å²) in [5.74, 6) is 0.436. The summed E-state index contributed by atoms with van der Waals surface area (Å²) in [6.07, 6.45) is 2.62. The third-order valence-corrected chi connectivity index (χ3v) is 3.89. The van der Waals surface area contributed by atoms with Crippen LogP contribution in [0.25, 0.3) is 0 Å². The second-order valence-corrected chi connectivity index (χ2v) is 5.36. The first kappa shape index (κ1) is 13.8. The van der Waals surface area contributed by atoms with E-state index in [1.54, 1.807) is 6.07 Å². The van der Waals surface area contributed by atoms with Crippen molar-refractivity contribution in [1.29, 1.82) is 0 Å². The molecule has 1 saturated carbocycles. The predicted molar refractivity (Wildman–Crippen MR) is 73.2 cm³/mol. The smallest absolute Gasteiger partial charge is 0.142 e. The lowest BCUT2D eigenvalue weighted by Gasteiger charge is -2.30. The SMILES string of the molecule is CCN(CC1CC1)C(CN)c1ccc(Cl)c(F)c1. The van der Waals surface area contributed by atoms with E-state index in [0.717, 1.165) is 24.6 Å². The van der Waals surface area contributed by atoms with Crippen LogP contribution in [0.15, 0.2) is 18.2 Å². The van der Waals surface area contributed by atoms with Gasteiger partial charge in [0.2, 0.25) is 0 Å². The minimum Gasteiger partial charge on any atom is -0.329 e. The zero-order valence-corrected chi connectivity index (χ0v) is 11.5. The van der Waals surface area contributed by atoms with Gasteiger partial charge >= 0.3 is 0 Å². The molecule has 2 N–H and O–H groups in total. The lowest BCUT2D eigenvalue weighted by atomic mass is 10.0. The van der Waals surface area contributed by atoms with E-state index in [0.29, 0.717) is 6.54 Å². The molecule has 1 aliphatic carbocycles. The fourth-order valence-electron chi connectivity index (χ4n) is 2.32. The molecule has 100 valence electrons. The highest BCUT2D eigenvalue weighted by atomic mass is 35.5. The molecular formula is C14H20ClFN2. The number of rotatable bonds is 6. The minimum atomic E-state index is -0.366. The van der Waals surface area contributed by atoms with Crippen LogP contribution in [0.1, 0.15) is 31.4 Å². The molecule has 1 fully saturated rings. The van der Waals surface area contributed by atoms with Crippen molar-refractivity contribution in [3.05, 3.63) is 34.6 Å². The van der Waals surface area contributed by atoms with Crippen LogP contribution in [0.4, 0.5) is 4.39 Å². The summed E-state index contributed by atoms with van der Waals surface area (Å²) in [6, 6.07) is 5.08. The van der Waals surface area contributed by atoms with Gasteiger partial charge in [-0.25, -0.2) is 4.39 Å². The molecule has 0 aromatic heterocycles. The molecule has 2 rings (SSSR count). The average molecular weight is 271 g/mol. The van der Waals surface area contributed by atoms with Crippen LogP contribution >= 0.6 is 11.6 Å². The van der Waals surface area contributed by atoms with Crippen molar-refractivity contribution in [2.75, 3.05) is 19.6 Å². The molecule has 0 amide bonds.